The summed E-state index contributed by atoms with van der Waals surface area (Å²) in [6, 6.07) is 9.50. The number of para-hydroxylation sites is 1. The summed E-state index contributed by atoms with van der Waals surface area (Å²) in [5, 5.41) is 14.1. The van der Waals surface area contributed by atoms with E-state index in [0.29, 0.717) is 12.4 Å². The molecule has 108 valence electrons. The maximum Gasteiger partial charge on any atom is 0.287 e. The standard InChI is InChI=1S/C15H15N3O3/c1-10-8-11(18(19)20)9-16-15(10)17-13-6-7-21-14-5-3-2-4-12(13)14/h2-5,8-9,13H,6-7H2,1H3,(H,16,17). The molecule has 1 N–H and O–H groups in total. The molecule has 0 saturated heterocycles. The largest absolute Gasteiger partial charge is 0.493 e. The van der Waals surface area contributed by atoms with Gasteiger partial charge in [-0.25, -0.2) is 4.98 Å². The number of rotatable bonds is 3. The van der Waals surface area contributed by atoms with Gasteiger partial charge in [-0.3, -0.25) is 10.1 Å². The Morgan fingerprint density at radius 1 is 1.43 bits per heavy atom. The minimum atomic E-state index is -0.437. The quantitative estimate of drug-likeness (QED) is 0.692. The van der Waals surface area contributed by atoms with E-state index in [1.165, 1.54) is 12.3 Å². The topological polar surface area (TPSA) is 77.3 Å². The molecular weight excluding hydrogens is 270 g/mol. The third kappa shape index (κ3) is 2.65. The van der Waals surface area contributed by atoms with Crippen LogP contribution in [0.4, 0.5) is 11.5 Å². The van der Waals surface area contributed by atoms with E-state index >= 15 is 0 Å². The fourth-order valence-electron chi connectivity index (χ4n) is 2.47. The number of nitrogens with zero attached hydrogens (tertiary/aromatic N) is 2. The van der Waals surface area contributed by atoms with E-state index in [2.05, 4.69) is 10.3 Å². The van der Waals surface area contributed by atoms with Gasteiger partial charge in [0, 0.05) is 18.1 Å². The fraction of sp³-hybridized carbons (Fsp3) is 0.267. The Kier molecular flexibility index (Phi) is 3.43. The number of aryl methyl sites for hydroxylation is 1. The molecule has 1 aromatic carbocycles. The second-order valence-corrected chi connectivity index (χ2v) is 4.99. The summed E-state index contributed by atoms with van der Waals surface area (Å²) in [7, 11) is 0. The number of nitro groups is 1. The fourth-order valence-corrected chi connectivity index (χ4v) is 2.47. The predicted octanol–water partition coefficient (Wildman–Crippen LogP) is 3.23. The van der Waals surface area contributed by atoms with Crippen LogP contribution in [0.1, 0.15) is 23.6 Å². The zero-order chi connectivity index (χ0) is 14.8. The van der Waals surface area contributed by atoms with Crippen molar-refractivity contribution in [1.82, 2.24) is 4.98 Å². The van der Waals surface area contributed by atoms with Crippen molar-refractivity contribution < 1.29 is 9.66 Å². The van der Waals surface area contributed by atoms with Gasteiger partial charge >= 0.3 is 0 Å². The molecule has 2 heterocycles. The summed E-state index contributed by atoms with van der Waals surface area (Å²) in [4.78, 5) is 14.5. The molecule has 1 aliphatic rings. The second-order valence-electron chi connectivity index (χ2n) is 4.99. The van der Waals surface area contributed by atoms with Gasteiger partial charge in [0.2, 0.25) is 0 Å². The first-order chi connectivity index (χ1) is 10.1. The zero-order valence-electron chi connectivity index (χ0n) is 11.6. The number of hydrogen-bond acceptors (Lipinski definition) is 5. The molecular formula is C15H15N3O3. The van der Waals surface area contributed by atoms with Crippen LogP contribution in [0.5, 0.6) is 5.75 Å². The van der Waals surface area contributed by atoms with Crippen LogP contribution in [0.15, 0.2) is 36.5 Å². The summed E-state index contributed by atoms with van der Waals surface area (Å²) in [6.45, 7) is 2.45. The highest BCUT2D eigenvalue weighted by Crippen LogP contribution is 2.34. The Labute approximate surface area is 121 Å². The average molecular weight is 285 g/mol. The first-order valence-electron chi connectivity index (χ1n) is 6.74. The van der Waals surface area contributed by atoms with Crippen LogP contribution in [0.3, 0.4) is 0 Å². The van der Waals surface area contributed by atoms with E-state index in [-0.39, 0.29) is 11.7 Å². The molecule has 3 rings (SSSR count). The van der Waals surface area contributed by atoms with Gasteiger partial charge in [0.1, 0.15) is 17.8 Å². The highest BCUT2D eigenvalue weighted by molar-refractivity contribution is 5.51. The molecule has 0 amide bonds. The number of ether oxygens (including phenoxy) is 1. The van der Waals surface area contributed by atoms with Crippen LogP contribution in [0, 0.1) is 17.0 Å². The smallest absolute Gasteiger partial charge is 0.287 e. The monoisotopic (exact) mass is 285 g/mol. The van der Waals surface area contributed by atoms with Crippen LogP contribution in [-0.2, 0) is 0 Å². The lowest BCUT2D eigenvalue weighted by Crippen LogP contribution is -2.21. The number of benzene rings is 1. The van der Waals surface area contributed by atoms with Gasteiger partial charge in [-0.1, -0.05) is 18.2 Å². The Morgan fingerprint density at radius 2 is 2.24 bits per heavy atom. The Bertz CT molecular complexity index is 688. The second kappa shape index (κ2) is 5.40. The maximum atomic E-state index is 10.7. The van der Waals surface area contributed by atoms with Crippen molar-refractivity contribution in [2.75, 3.05) is 11.9 Å². The predicted molar refractivity (Wildman–Crippen MR) is 78.5 cm³/mol. The molecule has 1 aromatic heterocycles. The maximum absolute atomic E-state index is 10.7. The molecule has 0 saturated carbocycles. The lowest BCUT2D eigenvalue weighted by molar-refractivity contribution is -0.385. The SMILES string of the molecule is Cc1cc([N+](=O)[O-])cnc1NC1CCOc2ccccc21. The van der Waals surface area contributed by atoms with Crippen LogP contribution in [-0.4, -0.2) is 16.5 Å². The molecule has 2 aromatic rings. The summed E-state index contributed by atoms with van der Waals surface area (Å²) in [5.74, 6) is 1.54. The number of anilines is 1. The molecule has 1 atom stereocenters. The molecule has 0 fully saturated rings. The van der Waals surface area contributed by atoms with Gasteiger partial charge in [0.15, 0.2) is 0 Å². The van der Waals surface area contributed by atoms with Crippen molar-refractivity contribution in [3.8, 4) is 5.75 Å². The zero-order valence-corrected chi connectivity index (χ0v) is 11.6. The van der Waals surface area contributed by atoms with Crippen LogP contribution >= 0.6 is 0 Å². The van der Waals surface area contributed by atoms with Crippen molar-refractivity contribution >= 4 is 11.5 Å². The van der Waals surface area contributed by atoms with Gasteiger partial charge in [0.05, 0.1) is 17.6 Å². The molecule has 6 nitrogen and oxygen atoms in total. The van der Waals surface area contributed by atoms with Crippen molar-refractivity contribution in [2.24, 2.45) is 0 Å². The Morgan fingerprint density at radius 3 is 3.00 bits per heavy atom. The first-order valence-corrected chi connectivity index (χ1v) is 6.74. The third-order valence-electron chi connectivity index (χ3n) is 3.54. The molecule has 21 heavy (non-hydrogen) atoms. The van der Waals surface area contributed by atoms with Crippen LogP contribution in [0.2, 0.25) is 0 Å². The molecule has 0 bridgehead atoms. The van der Waals surface area contributed by atoms with Crippen molar-refractivity contribution in [3.05, 3.63) is 57.8 Å². The van der Waals surface area contributed by atoms with Gasteiger partial charge in [-0.15, -0.1) is 0 Å². The summed E-state index contributed by atoms with van der Waals surface area (Å²) in [6.07, 6.45) is 2.11. The van der Waals surface area contributed by atoms with E-state index in [1.807, 2.05) is 31.2 Å². The molecule has 0 spiro atoms. The Hall–Kier alpha value is -2.63. The van der Waals surface area contributed by atoms with Crippen molar-refractivity contribution in [1.29, 1.82) is 0 Å². The summed E-state index contributed by atoms with van der Waals surface area (Å²) >= 11 is 0. The average Bonchev–Trinajstić information content (AvgIpc) is 2.49. The normalized spacial score (nSPS) is 16.7. The number of aromatic nitrogens is 1. The molecule has 0 radical (unpaired) electrons. The number of pyridine rings is 1. The van der Waals surface area contributed by atoms with E-state index < -0.39 is 4.92 Å². The van der Waals surface area contributed by atoms with Crippen LogP contribution < -0.4 is 10.1 Å². The van der Waals surface area contributed by atoms with E-state index in [9.17, 15) is 10.1 Å². The molecule has 6 heteroatoms. The minimum absolute atomic E-state index is 0.00503. The van der Waals surface area contributed by atoms with E-state index in [1.54, 1.807) is 0 Å². The number of fused-ring (bicyclic) bond motifs is 1. The van der Waals surface area contributed by atoms with Crippen molar-refractivity contribution in [3.63, 3.8) is 0 Å². The highest BCUT2D eigenvalue weighted by atomic mass is 16.6. The van der Waals surface area contributed by atoms with Crippen molar-refractivity contribution in [2.45, 2.75) is 19.4 Å². The summed E-state index contributed by atoms with van der Waals surface area (Å²) in [5.41, 5.74) is 1.85. The van der Waals surface area contributed by atoms with Crippen LogP contribution in [0.25, 0.3) is 0 Å². The molecule has 0 aliphatic carbocycles. The lowest BCUT2D eigenvalue weighted by Gasteiger charge is -2.27. The number of hydrogen-bond donors (Lipinski definition) is 1. The van der Waals surface area contributed by atoms with Gasteiger partial charge < -0.3 is 10.1 Å². The van der Waals surface area contributed by atoms with Gasteiger partial charge in [-0.05, 0) is 18.6 Å². The summed E-state index contributed by atoms with van der Waals surface area (Å²) < 4.78 is 5.62. The molecule has 1 unspecified atom stereocenters. The number of nitrogens with one attached hydrogen (secondary N) is 1. The van der Waals surface area contributed by atoms with Gasteiger partial charge in [-0.2, -0.15) is 0 Å². The van der Waals surface area contributed by atoms with E-state index in [4.69, 9.17) is 4.74 Å². The molecule has 1 aliphatic heterocycles. The lowest BCUT2D eigenvalue weighted by atomic mass is 10.0. The minimum Gasteiger partial charge on any atom is -0.493 e. The first kappa shape index (κ1) is 13.4. The third-order valence-corrected chi connectivity index (χ3v) is 3.54. The Balaban J connectivity index is 1.86. The van der Waals surface area contributed by atoms with Gasteiger partial charge in [0.25, 0.3) is 5.69 Å². The van der Waals surface area contributed by atoms with E-state index in [0.717, 1.165) is 23.3 Å². The highest BCUT2D eigenvalue weighted by Gasteiger charge is 2.22.